The number of nitrogens with one attached hydrogen (secondary N) is 2. The summed E-state index contributed by atoms with van der Waals surface area (Å²) in [7, 11) is 0. The van der Waals surface area contributed by atoms with E-state index < -0.39 is 0 Å². The van der Waals surface area contributed by atoms with E-state index in [1.165, 1.54) is 5.56 Å². The van der Waals surface area contributed by atoms with Gasteiger partial charge in [-0.1, -0.05) is 48.0 Å². The fourth-order valence-electron chi connectivity index (χ4n) is 2.42. The Morgan fingerprint density at radius 1 is 1.08 bits per heavy atom. The Morgan fingerprint density at radius 3 is 2.46 bits per heavy atom. The van der Waals surface area contributed by atoms with E-state index in [0.717, 1.165) is 30.8 Å². The van der Waals surface area contributed by atoms with E-state index in [9.17, 15) is 4.79 Å². The van der Waals surface area contributed by atoms with Crippen LogP contribution in [0.3, 0.4) is 0 Å². The number of aryl methyl sites for hydroxylation is 1. The van der Waals surface area contributed by atoms with Crippen molar-refractivity contribution in [3.8, 4) is 0 Å². The van der Waals surface area contributed by atoms with Gasteiger partial charge in [0.2, 0.25) is 5.91 Å². The first-order chi connectivity index (χ1) is 11.7. The lowest BCUT2D eigenvalue weighted by Gasteiger charge is -2.19. The van der Waals surface area contributed by atoms with Crippen LogP contribution in [0.25, 0.3) is 0 Å². The molecule has 2 aromatic rings. The highest BCUT2D eigenvalue weighted by Crippen LogP contribution is 2.16. The van der Waals surface area contributed by atoms with Crippen LogP contribution in [0.1, 0.15) is 30.5 Å². The number of carbonyl (C=O) groups excluding carboxylic acids is 1. The first kappa shape index (κ1) is 18.2. The van der Waals surface area contributed by atoms with Gasteiger partial charge in [-0.25, -0.2) is 0 Å². The average molecular weight is 326 g/mol. The second kappa shape index (κ2) is 9.85. The number of ether oxygens (including phenoxy) is 1. The van der Waals surface area contributed by atoms with Gasteiger partial charge in [0.15, 0.2) is 0 Å². The monoisotopic (exact) mass is 326 g/mol. The molecule has 0 saturated heterocycles. The fourth-order valence-corrected chi connectivity index (χ4v) is 2.42. The zero-order valence-corrected chi connectivity index (χ0v) is 14.4. The third kappa shape index (κ3) is 5.80. The molecule has 0 fully saturated rings. The number of amides is 1. The minimum atomic E-state index is -0.380. The molecule has 0 heterocycles. The molecule has 4 nitrogen and oxygen atoms in total. The van der Waals surface area contributed by atoms with Crippen molar-refractivity contribution in [1.29, 1.82) is 0 Å². The van der Waals surface area contributed by atoms with Crippen molar-refractivity contribution < 1.29 is 9.53 Å². The molecule has 0 aliphatic heterocycles. The highest BCUT2D eigenvalue weighted by atomic mass is 16.5. The predicted molar refractivity (Wildman–Crippen MR) is 98.1 cm³/mol. The molecule has 0 aliphatic rings. The van der Waals surface area contributed by atoms with Gasteiger partial charge in [0.1, 0.15) is 6.04 Å². The van der Waals surface area contributed by atoms with Crippen LogP contribution < -0.4 is 10.6 Å². The molecule has 0 unspecified atom stereocenters. The van der Waals surface area contributed by atoms with E-state index >= 15 is 0 Å². The Morgan fingerprint density at radius 2 is 1.79 bits per heavy atom. The topological polar surface area (TPSA) is 50.4 Å². The molecule has 24 heavy (non-hydrogen) atoms. The maximum atomic E-state index is 12.7. The van der Waals surface area contributed by atoms with Crippen molar-refractivity contribution in [3.05, 3.63) is 65.7 Å². The normalized spacial score (nSPS) is 11.9. The van der Waals surface area contributed by atoms with Gasteiger partial charge in [-0.05, 0) is 44.5 Å². The van der Waals surface area contributed by atoms with Gasteiger partial charge in [0, 0.05) is 18.9 Å². The number of benzene rings is 2. The van der Waals surface area contributed by atoms with Gasteiger partial charge in [-0.2, -0.15) is 0 Å². The van der Waals surface area contributed by atoms with Crippen molar-refractivity contribution in [2.75, 3.05) is 25.1 Å². The van der Waals surface area contributed by atoms with Gasteiger partial charge in [-0.15, -0.1) is 0 Å². The number of carbonyl (C=O) groups is 1. The number of hydrogen-bond acceptors (Lipinski definition) is 3. The highest BCUT2D eigenvalue weighted by Gasteiger charge is 2.19. The summed E-state index contributed by atoms with van der Waals surface area (Å²) in [6, 6.07) is 17.2. The molecule has 0 radical (unpaired) electrons. The second-order valence-electron chi connectivity index (χ2n) is 5.70. The van der Waals surface area contributed by atoms with E-state index in [1.807, 2.05) is 68.4 Å². The van der Waals surface area contributed by atoms with Crippen molar-refractivity contribution in [3.63, 3.8) is 0 Å². The van der Waals surface area contributed by atoms with Crippen LogP contribution in [-0.2, 0) is 9.53 Å². The van der Waals surface area contributed by atoms with Gasteiger partial charge >= 0.3 is 0 Å². The van der Waals surface area contributed by atoms with E-state index in [-0.39, 0.29) is 11.9 Å². The van der Waals surface area contributed by atoms with Crippen molar-refractivity contribution in [2.45, 2.75) is 26.3 Å². The molecule has 0 aliphatic carbocycles. The Bertz CT molecular complexity index is 611. The Labute approximate surface area is 144 Å². The zero-order valence-electron chi connectivity index (χ0n) is 14.4. The summed E-state index contributed by atoms with van der Waals surface area (Å²) in [6.07, 6.45) is 0.870. The fraction of sp³-hybridized carbons (Fsp3) is 0.350. The summed E-state index contributed by atoms with van der Waals surface area (Å²) in [5.74, 6) is -0.0542. The number of hydrogen-bond donors (Lipinski definition) is 2. The number of anilines is 1. The summed E-state index contributed by atoms with van der Waals surface area (Å²) in [6.45, 7) is 6.15. The highest BCUT2D eigenvalue weighted by molar-refractivity contribution is 5.95. The van der Waals surface area contributed by atoms with E-state index in [1.54, 1.807) is 0 Å². The molecular formula is C20H26N2O2. The van der Waals surface area contributed by atoms with Crippen molar-refractivity contribution in [1.82, 2.24) is 5.32 Å². The average Bonchev–Trinajstić information content (AvgIpc) is 2.61. The lowest BCUT2D eigenvalue weighted by Crippen LogP contribution is -2.34. The first-order valence-corrected chi connectivity index (χ1v) is 8.44. The van der Waals surface area contributed by atoms with Gasteiger partial charge in [-0.3, -0.25) is 4.79 Å². The van der Waals surface area contributed by atoms with Crippen molar-refractivity contribution >= 4 is 11.6 Å². The molecular weight excluding hydrogens is 300 g/mol. The minimum absolute atomic E-state index is 0.0542. The van der Waals surface area contributed by atoms with E-state index in [0.29, 0.717) is 6.61 Å². The SMILES string of the molecule is CCOCCCN[C@@H](C(=O)Nc1ccc(C)cc1)c1ccccc1. The van der Waals surface area contributed by atoms with Gasteiger partial charge in [0.25, 0.3) is 0 Å². The Kier molecular flexibility index (Phi) is 7.46. The van der Waals surface area contributed by atoms with Gasteiger partial charge in [0.05, 0.1) is 0 Å². The van der Waals surface area contributed by atoms with Crippen LogP contribution in [0.2, 0.25) is 0 Å². The molecule has 1 atom stereocenters. The van der Waals surface area contributed by atoms with Crippen LogP contribution in [0.15, 0.2) is 54.6 Å². The van der Waals surface area contributed by atoms with Crippen LogP contribution in [-0.4, -0.2) is 25.7 Å². The van der Waals surface area contributed by atoms with Crippen LogP contribution in [0.5, 0.6) is 0 Å². The summed E-state index contributed by atoms with van der Waals surface area (Å²) >= 11 is 0. The molecule has 1 amide bonds. The lowest BCUT2D eigenvalue weighted by atomic mass is 10.1. The summed E-state index contributed by atoms with van der Waals surface area (Å²) in [5, 5.41) is 6.32. The maximum absolute atomic E-state index is 12.7. The smallest absolute Gasteiger partial charge is 0.246 e. The van der Waals surface area contributed by atoms with E-state index in [2.05, 4.69) is 10.6 Å². The molecule has 0 bridgehead atoms. The first-order valence-electron chi connectivity index (χ1n) is 8.44. The maximum Gasteiger partial charge on any atom is 0.246 e. The second-order valence-corrected chi connectivity index (χ2v) is 5.70. The molecule has 0 aromatic heterocycles. The standard InChI is InChI=1S/C20H26N2O2/c1-3-24-15-7-14-21-19(17-8-5-4-6-9-17)20(23)22-18-12-10-16(2)11-13-18/h4-6,8-13,19,21H,3,7,14-15H2,1-2H3,(H,22,23)/t19-/m1/s1. The van der Waals surface area contributed by atoms with Crippen molar-refractivity contribution in [2.24, 2.45) is 0 Å². The zero-order chi connectivity index (χ0) is 17.2. The summed E-state index contributed by atoms with van der Waals surface area (Å²) in [4.78, 5) is 12.7. The van der Waals surface area contributed by atoms with Crippen LogP contribution in [0.4, 0.5) is 5.69 Å². The molecule has 4 heteroatoms. The van der Waals surface area contributed by atoms with Gasteiger partial charge < -0.3 is 15.4 Å². The third-order valence-corrected chi connectivity index (χ3v) is 3.73. The lowest BCUT2D eigenvalue weighted by molar-refractivity contribution is -0.118. The molecule has 0 spiro atoms. The molecule has 2 aromatic carbocycles. The Balaban J connectivity index is 2.01. The van der Waals surface area contributed by atoms with Crippen LogP contribution in [0, 0.1) is 6.92 Å². The quantitative estimate of drug-likeness (QED) is 0.691. The third-order valence-electron chi connectivity index (χ3n) is 3.73. The number of rotatable bonds is 9. The molecule has 2 N–H and O–H groups in total. The molecule has 2 rings (SSSR count). The Hall–Kier alpha value is -2.17. The summed E-state index contributed by atoms with van der Waals surface area (Å²) < 4.78 is 5.35. The van der Waals surface area contributed by atoms with Crippen LogP contribution >= 0.6 is 0 Å². The summed E-state index contributed by atoms with van der Waals surface area (Å²) in [5.41, 5.74) is 2.93. The molecule has 0 saturated carbocycles. The van der Waals surface area contributed by atoms with E-state index in [4.69, 9.17) is 4.74 Å². The predicted octanol–water partition coefficient (Wildman–Crippen LogP) is 3.69. The largest absolute Gasteiger partial charge is 0.382 e. The molecule has 128 valence electrons. The minimum Gasteiger partial charge on any atom is -0.382 e.